The number of likely N-dealkylation sites (tertiary alicyclic amines) is 1. The maximum absolute atomic E-state index is 11.9. The van der Waals surface area contributed by atoms with E-state index in [2.05, 4.69) is 15.5 Å². The monoisotopic (exact) mass is 378 g/mol. The smallest absolute Gasteiger partial charge is 0.317 e. The molecule has 0 spiro atoms. The Labute approximate surface area is 163 Å². The van der Waals surface area contributed by atoms with Gasteiger partial charge < -0.3 is 19.5 Å². The largest absolute Gasteiger partial charge is 0.486 e. The quantitative estimate of drug-likeness (QED) is 0.709. The lowest BCUT2D eigenvalue weighted by molar-refractivity contribution is 0.0448. The number of benzene rings is 2. The number of amides is 2. The Kier molecular flexibility index (Phi) is 5.23. The number of rotatable bonds is 6. The molecule has 144 valence electrons. The molecular formula is C21H22N4O3. The number of aromatic nitrogens is 2. The van der Waals surface area contributed by atoms with Crippen LogP contribution in [0.25, 0.3) is 22.8 Å². The highest BCUT2D eigenvalue weighted by molar-refractivity contribution is 5.75. The predicted octanol–water partition coefficient (Wildman–Crippen LogP) is 3.59. The SMILES string of the molecule is CCCNC(=O)N1CC(Oc2ccccc2-c2nc(-c3ccccc3)no2)C1. The van der Waals surface area contributed by atoms with Crippen molar-refractivity contribution in [2.75, 3.05) is 19.6 Å². The van der Waals surface area contributed by atoms with Gasteiger partial charge in [0, 0.05) is 12.1 Å². The van der Waals surface area contributed by atoms with Gasteiger partial charge in [0.05, 0.1) is 18.7 Å². The van der Waals surface area contributed by atoms with Gasteiger partial charge in [-0.3, -0.25) is 0 Å². The molecule has 2 amide bonds. The van der Waals surface area contributed by atoms with Crippen LogP contribution in [-0.2, 0) is 0 Å². The lowest BCUT2D eigenvalue weighted by Gasteiger charge is -2.39. The molecule has 7 heteroatoms. The van der Waals surface area contributed by atoms with Crippen LogP contribution in [0, 0.1) is 0 Å². The zero-order chi connectivity index (χ0) is 19.3. The second-order valence-corrected chi connectivity index (χ2v) is 6.66. The minimum atomic E-state index is -0.0509. The molecule has 0 bridgehead atoms. The molecule has 28 heavy (non-hydrogen) atoms. The van der Waals surface area contributed by atoms with E-state index in [9.17, 15) is 4.79 Å². The molecule has 1 fully saturated rings. The fourth-order valence-corrected chi connectivity index (χ4v) is 2.99. The summed E-state index contributed by atoms with van der Waals surface area (Å²) in [5.41, 5.74) is 1.63. The van der Waals surface area contributed by atoms with Crippen LogP contribution in [0.1, 0.15) is 13.3 Å². The summed E-state index contributed by atoms with van der Waals surface area (Å²) >= 11 is 0. The topological polar surface area (TPSA) is 80.5 Å². The highest BCUT2D eigenvalue weighted by Crippen LogP contribution is 2.31. The number of para-hydroxylation sites is 1. The average Bonchev–Trinajstić information content (AvgIpc) is 3.19. The van der Waals surface area contributed by atoms with E-state index in [0.717, 1.165) is 17.5 Å². The number of urea groups is 1. The van der Waals surface area contributed by atoms with E-state index in [1.807, 2.05) is 61.5 Å². The summed E-state index contributed by atoms with van der Waals surface area (Å²) in [7, 11) is 0. The second kappa shape index (κ2) is 8.12. The van der Waals surface area contributed by atoms with Crippen LogP contribution >= 0.6 is 0 Å². The molecule has 0 radical (unpaired) electrons. The van der Waals surface area contributed by atoms with Crippen LogP contribution in [0.3, 0.4) is 0 Å². The Balaban J connectivity index is 1.44. The van der Waals surface area contributed by atoms with Gasteiger partial charge in [-0.05, 0) is 18.6 Å². The van der Waals surface area contributed by atoms with Crippen molar-refractivity contribution in [3.05, 3.63) is 54.6 Å². The van der Waals surface area contributed by atoms with Crippen LogP contribution in [-0.4, -0.2) is 46.8 Å². The van der Waals surface area contributed by atoms with Gasteiger partial charge in [0.2, 0.25) is 5.82 Å². The van der Waals surface area contributed by atoms with Crippen LogP contribution in [0.2, 0.25) is 0 Å². The third-order valence-electron chi connectivity index (χ3n) is 4.53. The summed E-state index contributed by atoms with van der Waals surface area (Å²) in [5.74, 6) is 1.61. The Bertz CT molecular complexity index is 936. The van der Waals surface area contributed by atoms with Crippen LogP contribution < -0.4 is 10.1 Å². The molecule has 1 aliphatic heterocycles. The number of nitrogens with zero attached hydrogens (tertiary/aromatic N) is 3. The van der Waals surface area contributed by atoms with E-state index in [-0.39, 0.29) is 12.1 Å². The molecule has 1 N–H and O–H groups in total. The predicted molar refractivity (Wildman–Crippen MR) is 105 cm³/mol. The van der Waals surface area contributed by atoms with E-state index in [4.69, 9.17) is 9.26 Å². The van der Waals surface area contributed by atoms with Crippen LogP contribution in [0.4, 0.5) is 4.79 Å². The first-order chi connectivity index (χ1) is 13.7. The maximum atomic E-state index is 11.9. The molecule has 0 atom stereocenters. The van der Waals surface area contributed by atoms with Crippen molar-refractivity contribution in [2.24, 2.45) is 0 Å². The standard InChI is InChI=1S/C21H22N4O3/c1-2-12-22-21(26)25-13-16(14-25)27-18-11-7-6-10-17(18)20-23-19(24-28-20)15-8-4-3-5-9-15/h3-11,16H,2,12-14H2,1H3,(H,22,26). The number of carbonyl (C=O) groups is 1. The number of carbonyl (C=O) groups excluding carboxylic acids is 1. The minimum absolute atomic E-state index is 0.0422. The lowest BCUT2D eigenvalue weighted by Crippen LogP contribution is -2.58. The van der Waals surface area contributed by atoms with Gasteiger partial charge in [-0.15, -0.1) is 0 Å². The molecule has 2 aromatic carbocycles. The molecule has 1 aromatic heterocycles. The van der Waals surface area contributed by atoms with Gasteiger partial charge in [-0.2, -0.15) is 4.98 Å². The molecule has 0 aliphatic carbocycles. The lowest BCUT2D eigenvalue weighted by atomic mass is 10.1. The van der Waals surface area contributed by atoms with E-state index in [1.54, 1.807) is 4.90 Å². The van der Waals surface area contributed by atoms with Gasteiger partial charge in [-0.25, -0.2) is 4.79 Å². The normalized spacial score (nSPS) is 13.8. The summed E-state index contributed by atoms with van der Waals surface area (Å²) in [4.78, 5) is 18.2. The molecule has 3 aromatic rings. The van der Waals surface area contributed by atoms with Crippen molar-refractivity contribution in [1.82, 2.24) is 20.4 Å². The molecule has 4 rings (SSSR count). The summed E-state index contributed by atoms with van der Waals surface area (Å²) in [5, 5.41) is 6.95. The van der Waals surface area contributed by atoms with Gasteiger partial charge >= 0.3 is 6.03 Å². The zero-order valence-electron chi connectivity index (χ0n) is 15.7. The summed E-state index contributed by atoms with van der Waals surface area (Å²) in [6.07, 6.45) is 0.868. The highest BCUT2D eigenvalue weighted by atomic mass is 16.5. The minimum Gasteiger partial charge on any atom is -0.486 e. The number of hydrogen-bond acceptors (Lipinski definition) is 5. The summed E-state index contributed by atoms with van der Waals surface area (Å²) < 4.78 is 11.6. The average molecular weight is 378 g/mol. The van der Waals surface area contributed by atoms with Crippen molar-refractivity contribution in [1.29, 1.82) is 0 Å². The molecule has 0 saturated carbocycles. The Morgan fingerprint density at radius 2 is 1.93 bits per heavy atom. The van der Waals surface area contributed by atoms with Crippen molar-refractivity contribution >= 4 is 6.03 Å². The van der Waals surface area contributed by atoms with Crippen LogP contribution in [0.15, 0.2) is 59.1 Å². The van der Waals surface area contributed by atoms with Gasteiger partial charge in [-0.1, -0.05) is 54.5 Å². The maximum Gasteiger partial charge on any atom is 0.317 e. The van der Waals surface area contributed by atoms with Gasteiger partial charge in [0.1, 0.15) is 11.9 Å². The summed E-state index contributed by atoms with van der Waals surface area (Å²) in [6.45, 7) is 3.83. The highest BCUT2D eigenvalue weighted by Gasteiger charge is 2.32. The number of nitrogens with one attached hydrogen (secondary N) is 1. The fraction of sp³-hybridized carbons (Fsp3) is 0.286. The number of ether oxygens (including phenoxy) is 1. The van der Waals surface area contributed by atoms with E-state index >= 15 is 0 Å². The Morgan fingerprint density at radius 1 is 1.18 bits per heavy atom. The first-order valence-electron chi connectivity index (χ1n) is 9.42. The first-order valence-corrected chi connectivity index (χ1v) is 9.42. The first kappa shape index (κ1) is 18.0. The van der Waals surface area contributed by atoms with Crippen molar-refractivity contribution < 1.29 is 14.1 Å². The van der Waals surface area contributed by atoms with E-state index in [1.165, 1.54) is 0 Å². The molecule has 2 heterocycles. The van der Waals surface area contributed by atoms with Crippen molar-refractivity contribution in [2.45, 2.75) is 19.4 Å². The van der Waals surface area contributed by atoms with Crippen molar-refractivity contribution in [3.8, 4) is 28.6 Å². The van der Waals surface area contributed by atoms with Crippen LogP contribution in [0.5, 0.6) is 5.75 Å². The fourth-order valence-electron chi connectivity index (χ4n) is 2.99. The van der Waals surface area contributed by atoms with E-state index in [0.29, 0.717) is 37.1 Å². The van der Waals surface area contributed by atoms with Crippen molar-refractivity contribution in [3.63, 3.8) is 0 Å². The third-order valence-corrected chi connectivity index (χ3v) is 4.53. The molecule has 7 nitrogen and oxygen atoms in total. The molecule has 1 aliphatic rings. The second-order valence-electron chi connectivity index (χ2n) is 6.66. The zero-order valence-corrected chi connectivity index (χ0v) is 15.7. The van der Waals surface area contributed by atoms with Gasteiger partial charge in [0.15, 0.2) is 0 Å². The molecule has 0 unspecified atom stereocenters. The molecule has 1 saturated heterocycles. The third kappa shape index (κ3) is 3.83. The summed E-state index contributed by atoms with van der Waals surface area (Å²) in [6, 6.07) is 17.2. The van der Waals surface area contributed by atoms with Gasteiger partial charge in [0.25, 0.3) is 5.89 Å². The molecular weight excluding hydrogens is 356 g/mol. The Hall–Kier alpha value is -3.35. The number of hydrogen-bond donors (Lipinski definition) is 1. The Morgan fingerprint density at radius 3 is 2.71 bits per heavy atom. The van der Waals surface area contributed by atoms with E-state index < -0.39 is 0 Å².